The highest BCUT2D eigenvalue weighted by Crippen LogP contribution is 2.29. The van der Waals surface area contributed by atoms with Crippen LogP contribution in [0.2, 0.25) is 0 Å². The van der Waals surface area contributed by atoms with E-state index in [4.69, 9.17) is 5.73 Å². The molecule has 0 amide bonds. The number of rotatable bonds is 2. The van der Waals surface area contributed by atoms with Gasteiger partial charge in [0, 0.05) is 4.47 Å². The average Bonchev–Trinajstić information content (AvgIpc) is 2.33. The van der Waals surface area contributed by atoms with Crippen LogP contribution in [0.25, 0.3) is 0 Å². The van der Waals surface area contributed by atoms with Crippen LogP contribution in [0.3, 0.4) is 0 Å². The third kappa shape index (κ3) is 2.88. The van der Waals surface area contributed by atoms with Crippen LogP contribution in [0.5, 0.6) is 0 Å². The van der Waals surface area contributed by atoms with Gasteiger partial charge in [-0.3, -0.25) is 0 Å². The molecule has 1 unspecified atom stereocenters. The van der Waals surface area contributed by atoms with Gasteiger partial charge in [-0.2, -0.15) is 0 Å². The van der Waals surface area contributed by atoms with Crippen LogP contribution < -0.4 is 5.73 Å². The third-order valence-corrected chi connectivity index (χ3v) is 4.30. The maximum atomic E-state index is 13.2. The van der Waals surface area contributed by atoms with E-state index in [0.29, 0.717) is 0 Å². The molecule has 3 heteroatoms. The Morgan fingerprint density at radius 3 is 2.21 bits per heavy atom. The van der Waals surface area contributed by atoms with Crippen molar-refractivity contribution in [2.45, 2.75) is 26.8 Å². The summed E-state index contributed by atoms with van der Waals surface area (Å²) in [6.45, 7) is 5.97. The largest absolute Gasteiger partial charge is 0.320 e. The molecule has 0 aliphatic carbocycles. The predicted octanol–water partition coefficient (Wildman–Crippen LogP) is 4.56. The number of hydrogen-bond donors (Lipinski definition) is 1. The second kappa shape index (κ2) is 5.43. The minimum absolute atomic E-state index is 0.225. The van der Waals surface area contributed by atoms with E-state index in [2.05, 4.69) is 28.1 Å². The van der Waals surface area contributed by atoms with Gasteiger partial charge < -0.3 is 5.73 Å². The lowest BCUT2D eigenvalue weighted by Gasteiger charge is -2.19. The highest BCUT2D eigenvalue weighted by molar-refractivity contribution is 9.10. The van der Waals surface area contributed by atoms with Gasteiger partial charge in [-0.05, 0) is 66.8 Å². The first kappa shape index (κ1) is 14.2. The van der Waals surface area contributed by atoms with Gasteiger partial charge in [0.05, 0.1) is 6.04 Å². The lowest BCUT2D eigenvalue weighted by Crippen LogP contribution is -2.15. The average molecular weight is 322 g/mol. The van der Waals surface area contributed by atoms with Crippen LogP contribution in [0, 0.1) is 26.6 Å². The summed E-state index contributed by atoms with van der Waals surface area (Å²) in [5.74, 6) is -0.225. The second-order valence-electron chi connectivity index (χ2n) is 4.94. The van der Waals surface area contributed by atoms with Crippen LogP contribution in [0.4, 0.5) is 4.39 Å². The molecule has 0 bridgehead atoms. The molecule has 0 saturated carbocycles. The van der Waals surface area contributed by atoms with Gasteiger partial charge in [-0.25, -0.2) is 4.39 Å². The van der Waals surface area contributed by atoms with Crippen molar-refractivity contribution in [1.29, 1.82) is 0 Å². The Morgan fingerprint density at radius 2 is 1.58 bits per heavy atom. The molecule has 100 valence electrons. The fourth-order valence-corrected chi connectivity index (χ4v) is 2.75. The Morgan fingerprint density at radius 1 is 0.947 bits per heavy atom. The van der Waals surface area contributed by atoms with Crippen molar-refractivity contribution < 1.29 is 4.39 Å². The molecule has 0 saturated heterocycles. The number of nitrogens with two attached hydrogens (primary N) is 1. The summed E-state index contributed by atoms with van der Waals surface area (Å²) in [6, 6.07) is 8.69. The first-order valence-corrected chi connectivity index (χ1v) is 6.97. The molecule has 19 heavy (non-hydrogen) atoms. The van der Waals surface area contributed by atoms with Crippen LogP contribution in [-0.2, 0) is 0 Å². The first-order chi connectivity index (χ1) is 8.90. The number of hydrogen-bond acceptors (Lipinski definition) is 1. The van der Waals surface area contributed by atoms with Gasteiger partial charge in [0.15, 0.2) is 0 Å². The van der Waals surface area contributed by atoms with E-state index in [-0.39, 0.29) is 11.9 Å². The molecular weight excluding hydrogens is 305 g/mol. The zero-order chi connectivity index (χ0) is 14.2. The van der Waals surface area contributed by atoms with E-state index in [0.717, 1.165) is 32.3 Å². The molecule has 2 aromatic rings. The summed E-state index contributed by atoms with van der Waals surface area (Å²) in [5, 5.41) is 0. The number of benzene rings is 2. The molecule has 2 N–H and O–H groups in total. The van der Waals surface area contributed by atoms with E-state index >= 15 is 0 Å². The van der Waals surface area contributed by atoms with Crippen LogP contribution in [0.1, 0.15) is 33.9 Å². The summed E-state index contributed by atoms with van der Waals surface area (Å²) in [5.41, 5.74) is 11.6. The molecule has 0 spiro atoms. The lowest BCUT2D eigenvalue weighted by atomic mass is 9.92. The number of aryl methyl sites for hydroxylation is 3. The maximum absolute atomic E-state index is 13.2. The fourth-order valence-electron chi connectivity index (χ4n) is 2.29. The monoisotopic (exact) mass is 321 g/mol. The minimum atomic E-state index is -0.229. The van der Waals surface area contributed by atoms with Crippen molar-refractivity contribution in [3.8, 4) is 0 Å². The summed E-state index contributed by atoms with van der Waals surface area (Å²) in [7, 11) is 0. The Kier molecular flexibility index (Phi) is 4.07. The van der Waals surface area contributed by atoms with E-state index in [1.807, 2.05) is 20.8 Å². The topological polar surface area (TPSA) is 26.0 Å². The summed E-state index contributed by atoms with van der Waals surface area (Å²) < 4.78 is 14.2. The first-order valence-electron chi connectivity index (χ1n) is 6.18. The van der Waals surface area contributed by atoms with Crippen molar-refractivity contribution in [3.63, 3.8) is 0 Å². The zero-order valence-electron chi connectivity index (χ0n) is 11.3. The maximum Gasteiger partial charge on any atom is 0.123 e. The molecule has 0 aliphatic rings. The molecule has 1 nitrogen and oxygen atoms in total. The van der Waals surface area contributed by atoms with Crippen molar-refractivity contribution in [3.05, 3.63) is 68.4 Å². The van der Waals surface area contributed by atoms with Crippen molar-refractivity contribution in [2.75, 3.05) is 0 Å². The van der Waals surface area contributed by atoms with Crippen molar-refractivity contribution >= 4 is 15.9 Å². The van der Waals surface area contributed by atoms with Crippen molar-refractivity contribution in [1.82, 2.24) is 0 Å². The zero-order valence-corrected chi connectivity index (χ0v) is 12.9. The summed E-state index contributed by atoms with van der Waals surface area (Å²) in [4.78, 5) is 0. The Balaban J connectivity index is 2.49. The number of halogens is 2. The predicted molar refractivity (Wildman–Crippen MR) is 80.8 cm³/mol. The Labute approximate surface area is 121 Å². The molecule has 0 heterocycles. The molecule has 1 atom stereocenters. The van der Waals surface area contributed by atoms with Gasteiger partial charge in [0.2, 0.25) is 0 Å². The van der Waals surface area contributed by atoms with E-state index in [9.17, 15) is 4.39 Å². The van der Waals surface area contributed by atoms with Crippen LogP contribution in [0.15, 0.2) is 34.8 Å². The van der Waals surface area contributed by atoms with E-state index in [1.165, 1.54) is 12.1 Å². The quantitative estimate of drug-likeness (QED) is 0.862. The second-order valence-corrected chi connectivity index (χ2v) is 5.79. The Hall–Kier alpha value is -1.19. The summed E-state index contributed by atoms with van der Waals surface area (Å²) >= 11 is 3.52. The highest BCUT2D eigenvalue weighted by Gasteiger charge is 2.15. The molecular formula is C16H17BrFN. The highest BCUT2D eigenvalue weighted by atomic mass is 79.9. The molecule has 0 radical (unpaired) electrons. The van der Waals surface area contributed by atoms with Gasteiger partial charge in [0.25, 0.3) is 0 Å². The van der Waals surface area contributed by atoms with E-state index < -0.39 is 0 Å². The Bertz CT molecular complexity index is 622. The van der Waals surface area contributed by atoms with Gasteiger partial charge in [-0.15, -0.1) is 0 Å². The van der Waals surface area contributed by atoms with Gasteiger partial charge >= 0.3 is 0 Å². The standard InChI is InChI=1S/C16H17BrFN/c1-9-6-12(18)4-5-13(9)16(19)14-7-11(3)15(17)8-10(14)2/h4-8,16H,19H2,1-3H3. The van der Waals surface area contributed by atoms with Crippen LogP contribution >= 0.6 is 15.9 Å². The van der Waals surface area contributed by atoms with Gasteiger partial charge in [0.1, 0.15) is 5.82 Å². The SMILES string of the molecule is Cc1cc(C(N)c2ccc(F)cc2C)c(C)cc1Br. The van der Waals surface area contributed by atoms with Crippen molar-refractivity contribution in [2.24, 2.45) is 5.73 Å². The molecule has 0 aromatic heterocycles. The molecule has 2 rings (SSSR count). The minimum Gasteiger partial charge on any atom is -0.320 e. The molecule has 0 aliphatic heterocycles. The molecule has 0 fully saturated rings. The van der Waals surface area contributed by atoms with Crippen LogP contribution in [-0.4, -0.2) is 0 Å². The van der Waals surface area contributed by atoms with E-state index in [1.54, 1.807) is 6.07 Å². The summed E-state index contributed by atoms with van der Waals surface area (Å²) in [6.07, 6.45) is 0. The normalized spacial score (nSPS) is 12.5. The fraction of sp³-hybridized carbons (Fsp3) is 0.250. The third-order valence-electron chi connectivity index (χ3n) is 3.45. The lowest BCUT2D eigenvalue weighted by molar-refractivity contribution is 0.624. The smallest absolute Gasteiger partial charge is 0.123 e. The van der Waals surface area contributed by atoms with Gasteiger partial charge in [-0.1, -0.05) is 28.1 Å². The molecule has 2 aromatic carbocycles.